The summed E-state index contributed by atoms with van der Waals surface area (Å²) in [6.45, 7) is 0.143. The smallest absolute Gasteiger partial charge is 0.423 e. The van der Waals surface area contributed by atoms with Crippen LogP contribution in [0.5, 0.6) is 0 Å². The highest BCUT2D eigenvalue weighted by Gasteiger charge is 2.31. The molecule has 4 rings (SSSR count). The minimum atomic E-state index is -1.23. The van der Waals surface area contributed by atoms with Crippen LogP contribution < -0.4 is 16.1 Å². The minimum Gasteiger partial charge on any atom is -0.423 e. The van der Waals surface area contributed by atoms with Gasteiger partial charge < -0.3 is 25.7 Å². The summed E-state index contributed by atoms with van der Waals surface area (Å²) in [5, 5.41) is 24.0. The number of hydrogen-bond acceptors (Lipinski definition) is 7. The molecule has 1 fully saturated rings. The van der Waals surface area contributed by atoms with Gasteiger partial charge in [0.2, 0.25) is 5.95 Å². The van der Waals surface area contributed by atoms with Crippen LogP contribution in [0.3, 0.4) is 0 Å². The molecule has 146 valence electrons. The Kier molecular flexibility index (Phi) is 5.48. The Bertz CT molecular complexity index is 903. The number of aromatic nitrogens is 2. The maximum atomic E-state index is 14.3. The molecular weight excluding hydrogens is 383 g/mol. The fourth-order valence-corrected chi connectivity index (χ4v) is 3.91. The molecule has 0 amide bonds. The molecule has 1 aromatic carbocycles. The summed E-state index contributed by atoms with van der Waals surface area (Å²) < 4.78 is 19.3. The van der Waals surface area contributed by atoms with E-state index < -0.39 is 12.9 Å². The van der Waals surface area contributed by atoms with Crippen LogP contribution in [0.25, 0.3) is 0 Å². The fourth-order valence-electron chi connectivity index (χ4n) is 3.77. The van der Waals surface area contributed by atoms with Gasteiger partial charge in [-0.2, -0.15) is 4.98 Å². The number of benzene rings is 1. The van der Waals surface area contributed by atoms with Crippen LogP contribution in [-0.2, 0) is 11.3 Å². The quantitative estimate of drug-likeness (QED) is 0.452. The number of halogens is 2. The zero-order valence-corrected chi connectivity index (χ0v) is 15.8. The van der Waals surface area contributed by atoms with Crippen molar-refractivity contribution in [2.75, 3.05) is 10.6 Å². The van der Waals surface area contributed by atoms with Crippen molar-refractivity contribution in [3.05, 3.63) is 34.7 Å². The molecule has 1 aromatic heterocycles. The van der Waals surface area contributed by atoms with E-state index in [1.165, 1.54) is 18.5 Å². The van der Waals surface area contributed by atoms with Crippen molar-refractivity contribution in [1.29, 1.82) is 5.41 Å². The van der Waals surface area contributed by atoms with Gasteiger partial charge in [-0.1, -0.05) is 24.4 Å². The summed E-state index contributed by atoms with van der Waals surface area (Å²) >= 11 is 6.25. The highest BCUT2D eigenvalue weighted by atomic mass is 35.5. The Morgan fingerprint density at radius 3 is 3.00 bits per heavy atom. The molecule has 28 heavy (non-hydrogen) atoms. The number of hydrogen-bond donors (Lipinski definition) is 4. The summed E-state index contributed by atoms with van der Waals surface area (Å²) in [5.41, 5.74) is 1.20. The number of rotatable bonds is 5. The predicted molar refractivity (Wildman–Crippen MR) is 107 cm³/mol. The number of nitrogens with one attached hydrogen (secondary N) is 3. The van der Waals surface area contributed by atoms with Crippen LogP contribution in [-0.4, -0.2) is 34.4 Å². The molecule has 4 N–H and O–H groups in total. The molecule has 1 saturated carbocycles. The first-order valence-corrected chi connectivity index (χ1v) is 9.61. The van der Waals surface area contributed by atoms with E-state index >= 15 is 0 Å². The molecule has 7 nitrogen and oxygen atoms in total. The number of anilines is 3. The zero-order chi connectivity index (χ0) is 19.7. The van der Waals surface area contributed by atoms with E-state index in [-0.39, 0.29) is 30.0 Å². The Labute approximate surface area is 167 Å². The van der Waals surface area contributed by atoms with E-state index in [1.54, 1.807) is 6.07 Å². The molecular formula is C18H20BClFN5O2. The molecule has 2 unspecified atom stereocenters. The van der Waals surface area contributed by atoms with Crippen molar-refractivity contribution < 1.29 is 14.1 Å². The SMILES string of the molecule is N=CC1CCCCC1Nc1nc(Nc2cc(F)c3c(c2)COB3O)ncc1Cl. The second-order valence-corrected chi connectivity index (χ2v) is 7.48. The van der Waals surface area contributed by atoms with Crippen LogP contribution in [0.4, 0.5) is 21.8 Å². The highest BCUT2D eigenvalue weighted by Crippen LogP contribution is 2.29. The molecule has 0 bridgehead atoms. The van der Waals surface area contributed by atoms with E-state index in [1.807, 2.05) is 0 Å². The van der Waals surface area contributed by atoms with Gasteiger partial charge >= 0.3 is 7.12 Å². The third kappa shape index (κ3) is 3.83. The standard InChI is InChI=1S/C18H20BClFN5O2/c20-13-8-23-18(26-17(13)25-15-4-2-1-3-10(15)7-22)24-12-5-11-9-28-19(27)16(11)14(21)6-12/h5-8,10,15,22,27H,1-4,9H2,(H2,23,24,25,26). The average Bonchev–Trinajstić information content (AvgIpc) is 3.06. The molecule has 2 atom stereocenters. The monoisotopic (exact) mass is 403 g/mol. The van der Waals surface area contributed by atoms with Gasteiger partial charge in [-0.15, -0.1) is 0 Å². The third-order valence-electron chi connectivity index (χ3n) is 5.21. The van der Waals surface area contributed by atoms with Crippen molar-refractivity contribution in [3.63, 3.8) is 0 Å². The highest BCUT2D eigenvalue weighted by molar-refractivity contribution is 6.61. The maximum absolute atomic E-state index is 14.3. The molecule has 0 spiro atoms. The van der Waals surface area contributed by atoms with Crippen LogP contribution in [0.1, 0.15) is 31.2 Å². The third-order valence-corrected chi connectivity index (χ3v) is 5.49. The Balaban J connectivity index is 1.54. The molecule has 0 saturated heterocycles. The van der Waals surface area contributed by atoms with E-state index in [2.05, 4.69) is 20.6 Å². The average molecular weight is 404 g/mol. The summed E-state index contributed by atoms with van der Waals surface area (Å²) in [6.07, 6.45) is 7.09. The summed E-state index contributed by atoms with van der Waals surface area (Å²) in [5.74, 6) is 0.355. The largest absolute Gasteiger partial charge is 0.494 e. The predicted octanol–water partition coefficient (Wildman–Crippen LogP) is 2.85. The molecule has 10 heteroatoms. The van der Waals surface area contributed by atoms with Gasteiger partial charge in [0.25, 0.3) is 0 Å². The van der Waals surface area contributed by atoms with Crippen LogP contribution >= 0.6 is 11.6 Å². The van der Waals surface area contributed by atoms with Crippen molar-refractivity contribution >= 4 is 47.9 Å². The van der Waals surface area contributed by atoms with E-state index in [0.717, 1.165) is 25.7 Å². The molecule has 2 aromatic rings. The topological polar surface area (TPSA) is 103 Å². The van der Waals surface area contributed by atoms with Crippen LogP contribution in [0.2, 0.25) is 5.02 Å². The summed E-state index contributed by atoms with van der Waals surface area (Å²) in [6, 6.07) is 3.07. The van der Waals surface area contributed by atoms with Crippen LogP contribution in [0, 0.1) is 17.1 Å². The second-order valence-electron chi connectivity index (χ2n) is 7.08. The Hall–Kier alpha value is -2.23. The summed E-state index contributed by atoms with van der Waals surface area (Å²) in [7, 11) is -1.23. The molecule has 1 aliphatic heterocycles. The van der Waals surface area contributed by atoms with E-state index in [0.29, 0.717) is 22.1 Å². The number of fused-ring (bicyclic) bond motifs is 1. The maximum Gasteiger partial charge on any atom is 0.494 e. The van der Waals surface area contributed by atoms with Crippen molar-refractivity contribution in [1.82, 2.24) is 9.97 Å². The van der Waals surface area contributed by atoms with Gasteiger partial charge in [0.05, 0.1) is 12.8 Å². The van der Waals surface area contributed by atoms with Gasteiger partial charge in [0.1, 0.15) is 10.8 Å². The number of nitrogens with zero attached hydrogens (tertiary/aromatic N) is 2. The normalized spacial score (nSPS) is 21.3. The van der Waals surface area contributed by atoms with Gasteiger partial charge in [-0.05, 0) is 30.5 Å². The van der Waals surface area contributed by atoms with Gasteiger partial charge in [-0.3, -0.25) is 0 Å². The van der Waals surface area contributed by atoms with E-state index in [9.17, 15) is 9.41 Å². The van der Waals surface area contributed by atoms with Crippen molar-refractivity contribution in [2.24, 2.45) is 5.92 Å². The lowest BCUT2D eigenvalue weighted by Crippen LogP contribution is -2.33. The van der Waals surface area contributed by atoms with Gasteiger partial charge in [-0.25, -0.2) is 9.37 Å². The first-order chi connectivity index (χ1) is 13.5. The van der Waals surface area contributed by atoms with E-state index in [4.69, 9.17) is 21.7 Å². The molecule has 0 radical (unpaired) electrons. The van der Waals surface area contributed by atoms with Gasteiger partial charge in [0.15, 0.2) is 5.82 Å². The Morgan fingerprint density at radius 2 is 2.18 bits per heavy atom. The molecule has 2 heterocycles. The summed E-state index contributed by atoms with van der Waals surface area (Å²) in [4.78, 5) is 8.59. The van der Waals surface area contributed by atoms with Crippen molar-refractivity contribution in [3.8, 4) is 0 Å². The van der Waals surface area contributed by atoms with Gasteiger partial charge in [0, 0.05) is 29.3 Å². The zero-order valence-electron chi connectivity index (χ0n) is 15.1. The lowest BCUT2D eigenvalue weighted by Gasteiger charge is -2.30. The minimum absolute atomic E-state index is 0.0996. The first-order valence-electron chi connectivity index (χ1n) is 9.24. The Morgan fingerprint density at radius 1 is 1.36 bits per heavy atom. The van der Waals surface area contributed by atoms with Crippen LogP contribution in [0.15, 0.2) is 18.3 Å². The second kappa shape index (κ2) is 8.02. The molecule has 1 aliphatic carbocycles. The van der Waals surface area contributed by atoms with Crippen molar-refractivity contribution in [2.45, 2.75) is 38.3 Å². The lowest BCUT2D eigenvalue weighted by atomic mass is 9.79. The molecule has 2 aliphatic rings. The fraction of sp³-hybridized carbons (Fsp3) is 0.389. The first kappa shape index (κ1) is 19.1. The lowest BCUT2D eigenvalue weighted by molar-refractivity contribution is 0.275.